The summed E-state index contributed by atoms with van der Waals surface area (Å²) in [5, 5.41) is 13.6. The van der Waals surface area contributed by atoms with Gasteiger partial charge in [0.1, 0.15) is 17.8 Å². The van der Waals surface area contributed by atoms with E-state index in [1.54, 1.807) is 6.07 Å². The van der Waals surface area contributed by atoms with E-state index in [2.05, 4.69) is 10.3 Å². The van der Waals surface area contributed by atoms with Gasteiger partial charge in [-0.1, -0.05) is 12.1 Å². The van der Waals surface area contributed by atoms with Crippen LogP contribution in [0.3, 0.4) is 0 Å². The van der Waals surface area contributed by atoms with Crippen molar-refractivity contribution in [1.82, 2.24) is 4.98 Å². The Balaban J connectivity index is 1.92. The molecule has 0 unspecified atom stereocenters. The Bertz CT molecular complexity index is 567. The van der Waals surface area contributed by atoms with Crippen LogP contribution < -0.4 is 10.1 Å². The first-order valence-electron chi connectivity index (χ1n) is 6.25. The summed E-state index contributed by atoms with van der Waals surface area (Å²) in [6.07, 6.45) is 1.24. The van der Waals surface area contributed by atoms with Crippen molar-refractivity contribution in [2.75, 3.05) is 11.9 Å². The number of nitrogens with zero attached hydrogens (tertiary/aromatic N) is 2. The lowest BCUT2D eigenvalue weighted by atomic mass is 10.2. The second-order valence-corrected chi connectivity index (χ2v) is 4.09. The quantitative estimate of drug-likeness (QED) is 0.646. The number of nitro groups is 1. The Kier molecular flexibility index (Phi) is 4.49. The SMILES string of the molecule is CCOc1ccc(CNc2ccc([N+](=O)[O-])cn2)cc1. The lowest BCUT2D eigenvalue weighted by Gasteiger charge is -2.07. The molecule has 1 heterocycles. The highest BCUT2D eigenvalue weighted by Crippen LogP contribution is 2.15. The van der Waals surface area contributed by atoms with Crippen LogP contribution in [0, 0.1) is 10.1 Å². The molecular formula is C14H15N3O3. The summed E-state index contributed by atoms with van der Waals surface area (Å²) in [6, 6.07) is 10.8. The van der Waals surface area contributed by atoms with Crippen molar-refractivity contribution < 1.29 is 9.66 Å². The molecular weight excluding hydrogens is 258 g/mol. The highest BCUT2D eigenvalue weighted by atomic mass is 16.6. The fourth-order valence-corrected chi connectivity index (χ4v) is 1.66. The molecule has 20 heavy (non-hydrogen) atoms. The number of anilines is 1. The summed E-state index contributed by atoms with van der Waals surface area (Å²) < 4.78 is 5.36. The van der Waals surface area contributed by atoms with Gasteiger partial charge < -0.3 is 10.1 Å². The van der Waals surface area contributed by atoms with E-state index in [-0.39, 0.29) is 5.69 Å². The first-order valence-corrected chi connectivity index (χ1v) is 6.25. The van der Waals surface area contributed by atoms with E-state index < -0.39 is 4.92 Å². The Hall–Kier alpha value is -2.63. The first kappa shape index (κ1) is 13.8. The van der Waals surface area contributed by atoms with Crippen molar-refractivity contribution in [3.63, 3.8) is 0 Å². The minimum absolute atomic E-state index is 0.0170. The van der Waals surface area contributed by atoms with E-state index in [1.165, 1.54) is 12.3 Å². The van der Waals surface area contributed by atoms with Gasteiger partial charge in [0.15, 0.2) is 0 Å². The zero-order valence-corrected chi connectivity index (χ0v) is 11.1. The van der Waals surface area contributed by atoms with Crippen LogP contribution in [-0.4, -0.2) is 16.5 Å². The molecule has 0 saturated carbocycles. The average Bonchev–Trinajstić information content (AvgIpc) is 2.47. The minimum atomic E-state index is -0.469. The number of ether oxygens (including phenoxy) is 1. The van der Waals surface area contributed by atoms with Crippen LogP contribution in [0.2, 0.25) is 0 Å². The normalized spacial score (nSPS) is 10.1. The van der Waals surface area contributed by atoms with Crippen molar-refractivity contribution >= 4 is 11.5 Å². The smallest absolute Gasteiger partial charge is 0.287 e. The van der Waals surface area contributed by atoms with Gasteiger partial charge in [0.05, 0.1) is 11.5 Å². The zero-order valence-electron chi connectivity index (χ0n) is 11.1. The van der Waals surface area contributed by atoms with Gasteiger partial charge in [-0.3, -0.25) is 10.1 Å². The van der Waals surface area contributed by atoms with Crippen molar-refractivity contribution in [3.05, 3.63) is 58.3 Å². The van der Waals surface area contributed by atoms with Crippen molar-refractivity contribution in [2.24, 2.45) is 0 Å². The molecule has 0 saturated heterocycles. The molecule has 0 aliphatic rings. The van der Waals surface area contributed by atoms with Crippen LogP contribution in [0.1, 0.15) is 12.5 Å². The van der Waals surface area contributed by atoms with Gasteiger partial charge in [-0.25, -0.2) is 4.98 Å². The minimum Gasteiger partial charge on any atom is -0.494 e. The van der Waals surface area contributed by atoms with E-state index in [1.807, 2.05) is 31.2 Å². The maximum atomic E-state index is 10.5. The summed E-state index contributed by atoms with van der Waals surface area (Å²) >= 11 is 0. The van der Waals surface area contributed by atoms with Crippen LogP contribution in [-0.2, 0) is 6.54 Å². The maximum absolute atomic E-state index is 10.5. The van der Waals surface area contributed by atoms with Gasteiger partial charge in [0, 0.05) is 12.6 Å². The van der Waals surface area contributed by atoms with Crippen LogP contribution >= 0.6 is 0 Å². The highest BCUT2D eigenvalue weighted by Gasteiger charge is 2.04. The molecule has 6 heteroatoms. The molecule has 0 radical (unpaired) electrons. The lowest BCUT2D eigenvalue weighted by molar-refractivity contribution is -0.385. The molecule has 0 aliphatic carbocycles. The molecule has 0 amide bonds. The summed E-state index contributed by atoms with van der Waals surface area (Å²) in [7, 11) is 0. The Labute approximate surface area is 116 Å². The number of nitrogens with one attached hydrogen (secondary N) is 1. The van der Waals surface area contributed by atoms with Crippen LogP contribution in [0.15, 0.2) is 42.6 Å². The lowest BCUT2D eigenvalue weighted by Crippen LogP contribution is -2.01. The number of benzene rings is 1. The van der Waals surface area contributed by atoms with E-state index in [4.69, 9.17) is 4.74 Å². The number of pyridine rings is 1. The predicted molar refractivity (Wildman–Crippen MR) is 75.8 cm³/mol. The Morgan fingerprint density at radius 1 is 1.25 bits per heavy atom. The standard InChI is InChI=1S/C14H15N3O3/c1-2-20-13-6-3-11(4-7-13)9-15-14-8-5-12(10-16-14)17(18)19/h3-8,10H,2,9H2,1H3,(H,15,16). The molecule has 104 valence electrons. The van der Waals surface area contributed by atoms with E-state index >= 15 is 0 Å². The molecule has 1 aromatic carbocycles. The molecule has 0 atom stereocenters. The third-order valence-corrected chi connectivity index (χ3v) is 2.67. The average molecular weight is 273 g/mol. The summed E-state index contributed by atoms with van der Waals surface area (Å²) in [4.78, 5) is 14.0. The predicted octanol–water partition coefficient (Wildman–Crippen LogP) is 3.00. The second-order valence-electron chi connectivity index (χ2n) is 4.09. The van der Waals surface area contributed by atoms with Gasteiger partial charge in [-0.05, 0) is 30.7 Å². The van der Waals surface area contributed by atoms with Gasteiger partial charge in [0.25, 0.3) is 5.69 Å². The zero-order chi connectivity index (χ0) is 14.4. The highest BCUT2D eigenvalue weighted by molar-refractivity contribution is 5.41. The van der Waals surface area contributed by atoms with Crippen molar-refractivity contribution in [3.8, 4) is 5.75 Å². The molecule has 2 aromatic rings. The topological polar surface area (TPSA) is 77.3 Å². The molecule has 6 nitrogen and oxygen atoms in total. The summed E-state index contributed by atoms with van der Waals surface area (Å²) in [6.45, 7) is 3.18. The second kappa shape index (κ2) is 6.51. The Morgan fingerprint density at radius 2 is 2.00 bits per heavy atom. The van der Waals surface area contributed by atoms with Crippen molar-refractivity contribution in [1.29, 1.82) is 0 Å². The van der Waals surface area contributed by atoms with E-state index in [0.29, 0.717) is 19.0 Å². The van der Waals surface area contributed by atoms with Gasteiger partial charge in [-0.15, -0.1) is 0 Å². The first-order chi connectivity index (χ1) is 9.69. The van der Waals surface area contributed by atoms with Crippen LogP contribution in [0.25, 0.3) is 0 Å². The molecule has 2 rings (SSSR count). The van der Waals surface area contributed by atoms with Gasteiger partial charge in [-0.2, -0.15) is 0 Å². The molecule has 0 bridgehead atoms. The molecule has 0 spiro atoms. The number of hydrogen-bond acceptors (Lipinski definition) is 5. The third-order valence-electron chi connectivity index (χ3n) is 2.67. The molecule has 0 aliphatic heterocycles. The Morgan fingerprint density at radius 3 is 2.55 bits per heavy atom. The molecule has 1 aromatic heterocycles. The van der Waals surface area contributed by atoms with Crippen LogP contribution in [0.5, 0.6) is 5.75 Å². The monoisotopic (exact) mass is 273 g/mol. The number of rotatable bonds is 6. The fourth-order valence-electron chi connectivity index (χ4n) is 1.66. The third kappa shape index (κ3) is 3.68. The fraction of sp³-hybridized carbons (Fsp3) is 0.214. The van der Waals surface area contributed by atoms with E-state index in [0.717, 1.165) is 11.3 Å². The van der Waals surface area contributed by atoms with Gasteiger partial charge in [0.2, 0.25) is 0 Å². The van der Waals surface area contributed by atoms with E-state index in [9.17, 15) is 10.1 Å². The van der Waals surface area contributed by atoms with Crippen LogP contribution in [0.4, 0.5) is 11.5 Å². The number of aromatic nitrogens is 1. The van der Waals surface area contributed by atoms with Crippen molar-refractivity contribution in [2.45, 2.75) is 13.5 Å². The largest absolute Gasteiger partial charge is 0.494 e. The summed E-state index contributed by atoms with van der Waals surface area (Å²) in [5.41, 5.74) is 1.06. The maximum Gasteiger partial charge on any atom is 0.287 e. The summed E-state index contributed by atoms with van der Waals surface area (Å²) in [5.74, 6) is 1.44. The molecule has 0 fully saturated rings. The molecule has 1 N–H and O–H groups in total. The number of hydrogen-bond donors (Lipinski definition) is 1. The van der Waals surface area contributed by atoms with Gasteiger partial charge >= 0.3 is 0 Å².